The average Bonchev–Trinajstić information content (AvgIpc) is 1.65. The van der Waals surface area contributed by atoms with Gasteiger partial charge in [0.05, 0.1) is 0 Å². The summed E-state index contributed by atoms with van der Waals surface area (Å²) in [5, 5.41) is 9.33. The van der Waals surface area contributed by atoms with Crippen LogP contribution >= 0.6 is 12.4 Å². The van der Waals surface area contributed by atoms with Gasteiger partial charge in [0.1, 0.15) is 5.97 Å². The summed E-state index contributed by atoms with van der Waals surface area (Å²) in [6.07, 6.45) is 0. The van der Waals surface area contributed by atoms with E-state index in [1.165, 1.54) is 5.43 Å². The van der Waals surface area contributed by atoms with Gasteiger partial charge >= 0.3 is 51.4 Å². The first-order valence-electron chi connectivity index (χ1n) is 1.40. The molecule has 7 heteroatoms. The molecule has 0 rings (SSSR count). The fourth-order valence-corrected chi connectivity index (χ4v) is 0.0589. The Morgan fingerprint density at radius 2 is 1.78 bits per heavy atom. The standard InChI is InChI=1S/C2H4N2O3.ClH.K/c3-4-1(5)2(6)7;;/h3H2,(H,4,5)(H,6,7);1H;/q;;+1/p-1. The van der Waals surface area contributed by atoms with Crippen molar-refractivity contribution in [2.24, 2.45) is 5.84 Å². The number of carbonyl (C=O) groups is 2. The number of rotatable bonds is 0. The summed E-state index contributed by atoms with van der Waals surface area (Å²) in [6.45, 7) is 0. The summed E-state index contributed by atoms with van der Waals surface area (Å²) >= 11 is 0. The molecule has 0 aliphatic heterocycles. The third kappa shape index (κ3) is 8.83. The van der Waals surface area contributed by atoms with Crippen molar-refractivity contribution in [1.29, 1.82) is 0 Å². The van der Waals surface area contributed by atoms with Crippen LogP contribution < -0.4 is 67.8 Å². The number of halogens is 1. The molecule has 0 aromatic rings. The maximum absolute atomic E-state index is 9.61. The number of carbonyl (C=O) groups excluding carboxylic acids is 2. The van der Waals surface area contributed by atoms with E-state index in [0.29, 0.717) is 0 Å². The van der Waals surface area contributed by atoms with Crippen LogP contribution in [0.15, 0.2) is 0 Å². The van der Waals surface area contributed by atoms with Crippen LogP contribution in [0.4, 0.5) is 0 Å². The molecule has 1 amide bonds. The van der Waals surface area contributed by atoms with Crippen molar-refractivity contribution in [3.8, 4) is 0 Å². The maximum atomic E-state index is 9.61. The number of nitrogens with two attached hydrogens (primary N) is 1. The number of carboxylic acid groups (broad SMARTS) is 1. The van der Waals surface area contributed by atoms with Gasteiger partial charge in [0.15, 0.2) is 0 Å². The molecule has 9 heavy (non-hydrogen) atoms. The Morgan fingerprint density at radius 3 is 1.78 bits per heavy atom. The van der Waals surface area contributed by atoms with Gasteiger partial charge in [-0.3, -0.25) is 10.2 Å². The summed E-state index contributed by atoms with van der Waals surface area (Å²) in [7, 11) is 0. The molecular weight excluding hydrogens is 175 g/mol. The Morgan fingerprint density at radius 1 is 1.44 bits per heavy atom. The number of hydrogen-bond donors (Lipinski definition) is 2. The van der Waals surface area contributed by atoms with Gasteiger partial charge in [-0.05, 0) is 0 Å². The Labute approximate surface area is 100 Å². The molecule has 48 valence electrons. The quantitative estimate of drug-likeness (QED) is 0.127. The second kappa shape index (κ2) is 8.83. The van der Waals surface area contributed by atoms with Crippen LogP contribution in [0, 0.1) is 0 Å². The Kier molecular flexibility index (Phi) is 16.1. The van der Waals surface area contributed by atoms with Gasteiger partial charge in [-0.2, -0.15) is 0 Å². The molecule has 0 spiro atoms. The van der Waals surface area contributed by atoms with E-state index in [4.69, 9.17) is 0 Å². The average molecular weight is 179 g/mol. The molecule has 0 aromatic carbocycles. The first-order chi connectivity index (χ1) is 3.18. The molecule has 0 atom stereocenters. The molecule has 0 saturated carbocycles. The molecule has 0 aliphatic rings. The first kappa shape index (κ1) is 16.4. The predicted molar refractivity (Wildman–Crippen MR) is 24.6 cm³/mol. The van der Waals surface area contributed by atoms with E-state index in [0.717, 1.165) is 0 Å². The monoisotopic (exact) mass is 178 g/mol. The van der Waals surface area contributed by atoms with Crippen molar-refractivity contribution in [1.82, 2.24) is 5.43 Å². The molecule has 0 saturated heterocycles. The van der Waals surface area contributed by atoms with E-state index in [2.05, 4.69) is 5.84 Å². The molecule has 5 nitrogen and oxygen atoms in total. The fourth-order valence-electron chi connectivity index (χ4n) is 0.0589. The van der Waals surface area contributed by atoms with Crippen LogP contribution in [-0.4, -0.2) is 11.9 Å². The van der Waals surface area contributed by atoms with E-state index in [1.54, 1.807) is 0 Å². The zero-order valence-electron chi connectivity index (χ0n) is 4.71. The van der Waals surface area contributed by atoms with Gasteiger partial charge in [-0.15, -0.1) is 12.4 Å². The van der Waals surface area contributed by atoms with Gasteiger partial charge in [-0.25, -0.2) is 5.84 Å². The number of amides is 1. The van der Waals surface area contributed by atoms with Crippen molar-refractivity contribution < 1.29 is 66.1 Å². The molecule has 0 unspecified atom stereocenters. The number of hydrazine groups is 1. The molecule has 0 radical (unpaired) electrons. The van der Waals surface area contributed by atoms with Gasteiger partial charge in [0, 0.05) is 0 Å². The van der Waals surface area contributed by atoms with E-state index in [-0.39, 0.29) is 63.8 Å². The second-order valence-corrected chi connectivity index (χ2v) is 0.761. The van der Waals surface area contributed by atoms with Gasteiger partial charge in [0.2, 0.25) is 0 Å². The largest absolute Gasteiger partial charge is 1.00 e. The van der Waals surface area contributed by atoms with Crippen LogP contribution in [0.1, 0.15) is 0 Å². The van der Waals surface area contributed by atoms with Crippen LogP contribution in [-0.2, 0) is 9.59 Å². The summed E-state index contributed by atoms with van der Waals surface area (Å²) in [6, 6.07) is 0. The van der Waals surface area contributed by atoms with Crippen molar-refractivity contribution in [3.05, 3.63) is 0 Å². The van der Waals surface area contributed by atoms with Crippen molar-refractivity contribution in [3.63, 3.8) is 0 Å². The number of hydrogen-bond acceptors (Lipinski definition) is 4. The molecule has 0 bridgehead atoms. The molecule has 3 N–H and O–H groups in total. The van der Waals surface area contributed by atoms with Gasteiger partial charge in [0.25, 0.3) is 5.91 Å². The third-order valence-corrected chi connectivity index (χ3v) is 0.316. The zero-order chi connectivity index (χ0) is 5.86. The second-order valence-electron chi connectivity index (χ2n) is 0.761. The smallest absolute Gasteiger partial charge is 0.540 e. The van der Waals surface area contributed by atoms with Crippen LogP contribution in [0.5, 0.6) is 0 Å². The first-order valence-corrected chi connectivity index (χ1v) is 1.40. The third-order valence-electron chi connectivity index (χ3n) is 0.316. The number of carboxylic acids is 1. The summed E-state index contributed by atoms with van der Waals surface area (Å²) in [4.78, 5) is 18.9. The zero-order valence-corrected chi connectivity index (χ0v) is 8.65. The molecule has 0 fully saturated rings. The topological polar surface area (TPSA) is 95.2 Å². The van der Waals surface area contributed by atoms with Gasteiger partial charge < -0.3 is 9.90 Å². The summed E-state index contributed by atoms with van der Waals surface area (Å²) in [5.41, 5.74) is 1.36. The number of nitrogens with one attached hydrogen (secondary N) is 1. The fraction of sp³-hybridized carbons (Fsp3) is 0. The van der Waals surface area contributed by atoms with E-state index in [1.807, 2.05) is 0 Å². The molecular formula is C2H4ClKN2O3. The van der Waals surface area contributed by atoms with E-state index < -0.39 is 11.9 Å². The molecule has 0 aliphatic carbocycles. The SMILES string of the molecule is Cl.NNC(=O)C(=O)[O-].[K+]. The van der Waals surface area contributed by atoms with Crippen molar-refractivity contribution in [2.75, 3.05) is 0 Å². The Balaban J connectivity index is -0.000000180. The van der Waals surface area contributed by atoms with E-state index in [9.17, 15) is 14.7 Å². The van der Waals surface area contributed by atoms with Crippen LogP contribution in [0.3, 0.4) is 0 Å². The normalized spacial score (nSPS) is 5.89. The van der Waals surface area contributed by atoms with Crippen molar-refractivity contribution in [2.45, 2.75) is 0 Å². The van der Waals surface area contributed by atoms with Crippen LogP contribution in [0.25, 0.3) is 0 Å². The molecule has 0 aromatic heterocycles. The minimum absolute atomic E-state index is 0. The Bertz CT molecular complexity index is 108. The minimum atomic E-state index is -1.83. The predicted octanol–water partition coefficient (Wildman–Crippen LogP) is -5.85. The summed E-state index contributed by atoms with van der Waals surface area (Å²) < 4.78 is 0. The van der Waals surface area contributed by atoms with Gasteiger partial charge in [-0.1, -0.05) is 0 Å². The minimum Gasteiger partial charge on any atom is -0.540 e. The van der Waals surface area contributed by atoms with Crippen LogP contribution in [0.2, 0.25) is 0 Å². The summed E-state index contributed by atoms with van der Waals surface area (Å²) in [5.74, 6) is 1.20. The number of aliphatic carboxylic acids is 1. The maximum Gasteiger partial charge on any atom is 1.00 e. The van der Waals surface area contributed by atoms with E-state index >= 15 is 0 Å². The van der Waals surface area contributed by atoms with Crippen molar-refractivity contribution >= 4 is 24.3 Å². The Hall–Kier alpha value is 0.826. The molecule has 0 heterocycles.